The van der Waals surface area contributed by atoms with Crippen LogP contribution in [0.3, 0.4) is 0 Å². The van der Waals surface area contributed by atoms with E-state index in [2.05, 4.69) is 21.7 Å². The Balaban J connectivity index is 1.42. The van der Waals surface area contributed by atoms with Gasteiger partial charge in [0.2, 0.25) is 5.91 Å². The molecule has 5 heteroatoms. The maximum absolute atomic E-state index is 12.7. The number of aliphatic hydroxyl groups excluding tert-OH is 1. The fourth-order valence-corrected chi connectivity index (χ4v) is 3.81. The lowest BCUT2D eigenvalue weighted by Crippen LogP contribution is -2.48. The minimum Gasteiger partial charge on any atom is -0.395 e. The molecule has 2 fully saturated rings. The number of nitrogens with zero attached hydrogens (tertiary/aromatic N) is 1. The first-order chi connectivity index (χ1) is 12.7. The second-order valence-corrected chi connectivity index (χ2v) is 7.46. The van der Waals surface area contributed by atoms with Crippen molar-refractivity contribution in [1.82, 2.24) is 15.6 Å². The van der Waals surface area contributed by atoms with Crippen molar-refractivity contribution in [2.45, 2.75) is 25.3 Å². The number of para-hydroxylation sites is 1. The van der Waals surface area contributed by atoms with Crippen LogP contribution in [0.15, 0.2) is 42.6 Å². The normalized spacial score (nSPS) is 28.3. The van der Waals surface area contributed by atoms with Crippen LogP contribution in [0.25, 0.3) is 17.0 Å². The van der Waals surface area contributed by atoms with Crippen LogP contribution in [0.5, 0.6) is 0 Å². The predicted molar refractivity (Wildman–Crippen MR) is 102 cm³/mol. The fourth-order valence-electron chi connectivity index (χ4n) is 3.81. The topological polar surface area (TPSA) is 74.2 Å². The number of hydrogen-bond acceptors (Lipinski definition) is 4. The molecule has 3 N–H and O–H groups in total. The molecule has 1 aromatic heterocycles. The second kappa shape index (κ2) is 7.17. The van der Waals surface area contributed by atoms with Gasteiger partial charge in [0.15, 0.2) is 0 Å². The van der Waals surface area contributed by atoms with Gasteiger partial charge in [-0.3, -0.25) is 9.78 Å². The average molecular weight is 351 g/mol. The fraction of sp³-hybridized carbons (Fsp3) is 0.429. The van der Waals surface area contributed by atoms with Crippen molar-refractivity contribution in [3.63, 3.8) is 0 Å². The third-order valence-corrected chi connectivity index (χ3v) is 5.63. The molecule has 136 valence electrons. The van der Waals surface area contributed by atoms with Crippen molar-refractivity contribution in [1.29, 1.82) is 0 Å². The van der Waals surface area contributed by atoms with Crippen molar-refractivity contribution in [2.75, 3.05) is 19.7 Å². The molecule has 0 spiro atoms. The van der Waals surface area contributed by atoms with Crippen molar-refractivity contribution in [3.8, 4) is 0 Å². The van der Waals surface area contributed by atoms with E-state index >= 15 is 0 Å². The van der Waals surface area contributed by atoms with Crippen LogP contribution < -0.4 is 10.6 Å². The summed E-state index contributed by atoms with van der Waals surface area (Å²) in [6.07, 6.45) is 8.68. The first-order valence-electron chi connectivity index (χ1n) is 9.37. The van der Waals surface area contributed by atoms with Crippen LogP contribution in [0.1, 0.15) is 24.8 Å². The Bertz CT molecular complexity index is 829. The van der Waals surface area contributed by atoms with Crippen LogP contribution >= 0.6 is 0 Å². The molecular formula is C21H25N3O2. The van der Waals surface area contributed by atoms with Crippen LogP contribution in [0.4, 0.5) is 0 Å². The third kappa shape index (κ3) is 3.37. The number of aromatic nitrogens is 1. The minimum atomic E-state index is -0.655. The second-order valence-electron chi connectivity index (χ2n) is 7.46. The van der Waals surface area contributed by atoms with Crippen LogP contribution in [-0.4, -0.2) is 41.7 Å². The molecule has 5 nitrogen and oxygen atoms in total. The molecule has 1 aliphatic heterocycles. The number of hydrogen-bond donors (Lipinski definition) is 3. The number of benzene rings is 1. The first kappa shape index (κ1) is 17.2. The Morgan fingerprint density at radius 3 is 3.12 bits per heavy atom. The van der Waals surface area contributed by atoms with Gasteiger partial charge in [0, 0.05) is 24.2 Å². The number of aliphatic hydroxyl groups is 1. The summed E-state index contributed by atoms with van der Waals surface area (Å²) < 4.78 is 0. The van der Waals surface area contributed by atoms with Crippen molar-refractivity contribution < 1.29 is 9.90 Å². The van der Waals surface area contributed by atoms with E-state index in [1.807, 2.05) is 42.6 Å². The summed E-state index contributed by atoms with van der Waals surface area (Å²) in [7, 11) is 0. The summed E-state index contributed by atoms with van der Waals surface area (Å²) in [4.78, 5) is 17.1. The number of piperidine rings is 1. The summed E-state index contributed by atoms with van der Waals surface area (Å²) in [5.74, 6) is 0.0653. The average Bonchev–Trinajstić information content (AvgIpc) is 3.42. The lowest BCUT2D eigenvalue weighted by atomic mass is 10.0. The van der Waals surface area contributed by atoms with Gasteiger partial charge in [-0.25, -0.2) is 0 Å². The smallest absolute Gasteiger partial charge is 0.229 e. The molecule has 2 aliphatic rings. The molecule has 1 aromatic carbocycles. The first-order valence-corrected chi connectivity index (χ1v) is 9.37. The highest BCUT2D eigenvalue weighted by Gasteiger charge is 2.58. The number of fused-ring (bicyclic) bond motifs is 1. The molecule has 26 heavy (non-hydrogen) atoms. The van der Waals surface area contributed by atoms with Gasteiger partial charge in [-0.2, -0.15) is 0 Å². The molecule has 4 rings (SSSR count). The molecule has 3 unspecified atom stereocenters. The number of pyridine rings is 1. The highest BCUT2D eigenvalue weighted by Crippen LogP contribution is 2.53. The molecule has 1 amide bonds. The molecule has 0 bridgehead atoms. The van der Waals surface area contributed by atoms with Gasteiger partial charge in [-0.1, -0.05) is 30.4 Å². The number of nitrogens with one attached hydrogen (secondary N) is 2. The van der Waals surface area contributed by atoms with E-state index in [9.17, 15) is 9.90 Å². The minimum absolute atomic E-state index is 0.0139. The Hall–Kier alpha value is -2.24. The largest absolute Gasteiger partial charge is 0.395 e. The SMILES string of the molecule is O=C(NC1CCCNC1)C1(CO)CC1/C=C/c1cnc2ccccc2c1. The molecular weight excluding hydrogens is 326 g/mol. The van der Waals surface area contributed by atoms with Gasteiger partial charge in [0.25, 0.3) is 0 Å². The van der Waals surface area contributed by atoms with Crippen LogP contribution in [0, 0.1) is 11.3 Å². The lowest BCUT2D eigenvalue weighted by molar-refractivity contribution is -0.129. The third-order valence-electron chi connectivity index (χ3n) is 5.63. The Morgan fingerprint density at radius 1 is 1.42 bits per heavy atom. The Kier molecular flexibility index (Phi) is 4.74. The number of carbonyl (C=O) groups is 1. The Morgan fingerprint density at radius 2 is 2.31 bits per heavy atom. The quantitative estimate of drug-likeness (QED) is 0.771. The molecule has 0 radical (unpaired) electrons. The van der Waals surface area contributed by atoms with Crippen molar-refractivity contribution >= 4 is 22.9 Å². The van der Waals surface area contributed by atoms with Crippen molar-refractivity contribution in [3.05, 3.63) is 48.2 Å². The lowest BCUT2D eigenvalue weighted by Gasteiger charge is -2.26. The number of rotatable bonds is 5. The molecule has 3 atom stereocenters. The summed E-state index contributed by atoms with van der Waals surface area (Å²) in [6, 6.07) is 10.3. The monoisotopic (exact) mass is 351 g/mol. The maximum atomic E-state index is 12.7. The summed E-state index contributed by atoms with van der Waals surface area (Å²) in [5.41, 5.74) is 1.33. The van der Waals surface area contributed by atoms with E-state index in [0.29, 0.717) is 6.42 Å². The molecule has 2 aromatic rings. The zero-order valence-corrected chi connectivity index (χ0v) is 14.8. The van der Waals surface area contributed by atoms with Gasteiger partial charge in [0.1, 0.15) is 0 Å². The zero-order valence-electron chi connectivity index (χ0n) is 14.8. The number of carbonyl (C=O) groups excluding carboxylic acids is 1. The van der Waals surface area contributed by atoms with Gasteiger partial charge >= 0.3 is 0 Å². The van der Waals surface area contributed by atoms with Gasteiger partial charge in [-0.05, 0) is 49.4 Å². The summed E-state index contributed by atoms with van der Waals surface area (Å²) in [5, 5.41) is 17.4. The summed E-state index contributed by atoms with van der Waals surface area (Å²) >= 11 is 0. The Labute approximate surface area is 153 Å². The molecule has 1 saturated heterocycles. The molecule has 1 saturated carbocycles. The molecule has 2 heterocycles. The highest BCUT2D eigenvalue weighted by atomic mass is 16.3. The van der Waals surface area contributed by atoms with E-state index in [1.54, 1.807) is 0 Å². The number of amides is 1. The van der Waals surface area contributed by atoms with Gasteiger partial charge in [-0.15, -0.1) is 0 Å². The zero-order chi connectivity index (χ0) is 18.0. The number of allylic oxidation sites excluding steroid dienone is 1. The van der Waals surface area contributed by atoms with Crippen LogP contribution in [0.2, 0.25) is 0 Å². The van der Waals surface area contributed by atoms with E-state index in [0.717, 1.165) is 42.4 Å². The van der Waals surface area contributed by atoms with Gasteiger partial charge < -0.3 is 15.7 Å². The van der Waals surface area contributed by atoms with E-state index in [4.69, 9.17) is 0 Å². The predicted octanol–water partition coefficient (Wildman–Crippen LogP) is 2.11. The summed E-state index contributed by atoms with van der Waals surface area (Å²) in [6.45, 7) is 1.73. The van der Waals surface area contributed by atoms with Crippen molar-refractivity contribution in [2.24, 2.45) is 11.3 Å². The van der Waals surface area contributed by atoms with E-state index in [1.165, 1.54) is 0 Å². The van der Waals surface area contributed by atoms with Crippen LogP contribution in [-0.2, 0) is 4.79 Å². The van der Waals surface area contributed by atoms with E-state index < -0.39 is 5.41 Å². The standard InChI is InChI=1S/C21H25N3O2/c25-14-21(20(26)24-18-5-3-9-22-13-18)11-17(21)8-7-15-10-16-4-1-2-6-19(16)23-12-15/h1-2,4,6-8,10,12,17-18,22,25H,3,5,9,11,13-14H2,(H,24,26)/b8-7+. The maximum Gasteiger partial charge on any atom is 0.229 e. The van der Waals surface area contributed by atoms with E-state index in [-0.39, 0.29) is 24.5 Å². The molecule has 1 aliphatic carbocycles. The van der Waals surface area contributed by atoms with Gasteiger partial charge in [0.05, 0.1) is 17.5 Å². The highest BCUT2D eigenvalue weighted by molar-refractivity contribution is 5.87.